The molecule has 116 valence electrons. The average molecular weight is 328 g/mol. The van der Waals surface area contributed by atoms with Gasteiger partial charge in [-0.3, -0.25) is 4.90 Å². The Morgan fingerprint density at radius 3 is 2.90 bits per heavy atom. The highest BCUT2D eigenvalue weighted by molar-refractivity contribution is 7.80. The minimum absolute atomic E-state index is 0.641. The maximum absolute atomic E-state index is 5.99. The first-order valence-electron chi connectivity index (χ1n) is 7.26. The number of benzene rings is 1. The fourth-order valence-corrected chi connectivity index (χ4v) is 2.61. The standard InChI is InChI=1S/C15H22ClN3OS/c1-12-3-4-13(16)11-14(12)18-15(21)17-5-2-6-19-7-9-20-10-8-19/h3-4,11H,2,5-10H2,1H3,(H2,17,18,21). The van der Waals surface area contributed by atoms with Crippen molar-refractivity contribution in [2.24, 2.45) is 0 Å². The summed E-state index contributed by atoms with van der Waals surface area (Å²) in [6.45, 7) is 7.73. The molecule has 21 heavy (non-hydrogen) atoms. The maximum atomic E-state index is 5.99. The third-order valence-corrected chi connectivity index (χ3v) is 3.97. The first-order chi connectivity index (χ1) is 10.1. The lowest BCUT2D eigenvalue weighted by Gasteiger charge is -2.26. The second kappa shape index (κ2) is 8.54. The first kappa shape index (κ1) is 16.5. The summed E-state index contributed by atoms with van der Waals surface area (Å²) in [7, 11) is 0. The van der Waals surface area contributed by atoms with Crippen LogP contribution in [0, 0.1) is 6.92 Å². The summed E-state index contributed by atoms with van der Waals surface area (Å²) < 4.78 is 5.33. The number of aryl methyl sites for hydroxylation is 1. The van der Waals surface area contributed by atoms with Gasteiger partial charge in [0.2, 0.25) is 0 Å². The molecule has 6 heteroatoms. The summed E-state index contributed by atoms with van der Waals surface area (Å²) in [5, 5.41) is 7.78. The molecule has 4 nitrogen and oxygen atoms in total. The molecule has 1 aromatic carbocycles. The van der Waals surface area contributed by atoms with Gasteiger partial charge in [0.05, 0.1) is 13.2 Å². The zero-order valence-corrected chi connectivity index (χ0v) is 13.9. The molecule has 1 aliphatic rings. The minimum Gasteiger partial charge on any atom is -0.379 e. The van der Waals surface area contributed by atoms with E-state index in [0.717, 1.165) is 57.1 Å². The topological polar surface area (TPSA) is 36.5 Å². The van der Waals surface area contributed by atoms with Crippen LogP contribution >= 0.6 is 23.8 Å². The van der Waals surface area contributed by atoms with E-state index < -0.39 is 0 Å². The van der Waals surface area contributed by atoms with Crippen LogP contribution in [0.1, 0.15) is 12.0 Å². The lowest BCUT2D eigenvalue weighted by atomic mass is 10.2. The Balaban J connectivity index is 1.66. The fourth-order valence-electron chi connectivity index (χ4n) is 2.22. The van der Waals surface area contributed by atoms with E-state index >= 15 is 0 Å². The minimum atomic E-state index is 0.641. The number of anilines is 1. The monoisotopic (exact) mass is 327 g/mol. The predicted octanol–water partition coefficient (Wildman–Crippen LogP) is 2.66. The Labute approximate surface area is 136 Å². The van der Waals surface area contributed by atoms with Crippen LogP contribution in [0.3, 0.4) is 0 Å². The fraction of sp³-hybridized carbons (Fsp3) is 0.533. The molecule has 0 spiro atoms. The summed E-state index contributed by atoms with van der Waals surface area (Å²) in [6, 6.07) is 5.74. The second-order valence-corrected chi connectivity index (χ2v) is 5.99. The van der Waals surface area contributed by atoms with Gasteiger partial charge in [-0.25, -0.2) is 0 Å². The molecule has 0 aromatic heterocycles. The van der Waals surface area contributed by atoms with Crippen LogP contribution in [0.15, 0.2) is 18.2 Å². The molecule has 2 rings (SSSR count). The van der Waals surface area contributed by atoms with Crippen LogP contribution in [0.25, 0.3) is 0 Å². The highest BCUT2D eigenvalue weighted by atomic mass is 35.5. The van der Waals surface area contributed by atoms with E-state index in [1.54, 1.807) is 0 Å². The number of hydrogen-bond donors (Lipinski definition) is 2. The van der Waals surface area contributed by atoms with Gasteiger partial charge in [-0.2, -0.15) is 0 Å². The normalized spacial score (nSPS) is 15.7. The van der Waals surface area contributed by atoms with Crippen LogP contribution in [-0.2, 0) is 4.74 Å². The van der Waals surface area contributed by atoms with Crippen LogP contribution in [0.5, 0.6) is 0 Å². The van der Waals surface area contributed by atoms with Crippen molar-refractivity contribution in [1.29, 1.82) is 0 Å². The molecular formula is C15H22ClN3OS. The van der Waals surface area contributed by atoms with Crippen LogP contribution in [-0.4, -0.2) is 49.4 Å². The summed E-state index contributed by atoms with van der Waals surface area (Å²) in [5.74, 6) is 0. The number of nitrogens with zero attached hydrogens (tertiary/aromatic N) is 1. The molecule has 1 saturated heterocycles. The predicted molar refractivity (Wildman–Crippen MR) is 92.3 cm³/mol. The smallest absolute Gasteiger partial charge is 0.170 e. The third-order valence-electron chi connectivity index (χ3n) is 3.49. The first-order valence-corrected chi connectivity index (χ1v) is 8.05. The number of nitrogens with one attached hydrogen (secondary N) is 2. The summed E-state index contributed by atoms with van der Waals surface area (Å²) in [6.07, 6.45) is 1.07. The zero-order valence-electron chi connectivity index (χ0n) is 12.3. The van der Waals surface area contributed by atoms with Gasteiger partial charge in [0, 0.05) is 30.3 Å². The molecular weight excluding hydrogens is 306 g/mol. The Morgan fingerprint density at radius 1 is 1.38 bits per heavy atom. The van der Waals surface area contributed by atoms with Crippen molar-refractivity contribution in [2.75, 3.05) is 44.7 Å². The van der Waals surface area contributed by atoms with Crippen molar-refractivity contribution < 1.29 is 4.74 Å². The quantitative estimate of drug-likeness (QED) is 0.642. The number of morpholine rings is 1. The van der Waals surface area contributed by atoms with Crippen LogP contribution in [0.4, 0.5) is 5.69 Å². The maximum Gasteiger partial charge on any atom is 0.170 e. The Hall–Kier alpha value is -0.880. The lowest BCUT2D eigenvalue weighted by molar-refractivity contribution is 0.0376. The van der Waals surface area contributed by atoms with Crippen LogP contribution in [0.2, 0.25) is 5.02 Å². The van der Waals surface area contributed by atoms with Gasteiger partial charge in [0.15, 0.2) is 5.11 Å². The van der Waals surface area contributed by atoms with Crippen molar-refractivity contribution in [3.8, 4) is 0 Å². The molecule has 1 heterocycles. The number of thiocarbonyl (C=S) groups is 1. The highest BCUT2D eigenvalue weighted by Gasteiger charge is 2.09. The van der Waals surface area contributed by atoms with Gasteiger partial charge in [-0.05, 0) is 49.8 Å². The van der Waals surface area contributed by atoms with E-state index in [1.807, 2.05) is 25.1 Å². The molecule has 0 aliphatic carbocycles. The van der Waals surface area contributed by atoms with E-state index in [2.05, 4.69) is 15.5 Å². The number of hydrogen-bond acceptors (Lipinski definition) is 3. The largest absolute Gasteiger partial charge is 0.379 e. The number of halogens is 1. The van der Waals surface area contributed by atoms with Crippen molar-refractivity contribution in [3.05, 3.63) is 28.8 Å². The van der Waals surface area contributed by atoms with E-state index in [0.29, 0.717) is 10.1 Å². The summed E-state index contributed by atoms with van der Waals surface area (Å²) in [4.78, 5) is 2.42. The Kier molecular flexibility index (Phi) is 6.70. The van der Waals surface area contributed by atoms with Crippen molar-refractivity contribution in [2.45, 2.75) is 13.3 Å². The lowest BCUT2D eigenvalue weighted by Crippen LogP contribution is -2.38. The average Bonchev–Trinajstić information content (AvgIpc) is 2.48. The molecule has 1 fully saturated rings. The number of rotatable bonds is 5. The molecule has 2 N–H and O–H groups in total. The van der Waals surface area contributed by atoms with Gasteiger partial charge in [-0.15, -0.1) is 0 Å². The molecule has 1 aliphatic heterocycles. The number of ether oxygens (including phenoxy) is 1. The Bertz CT molecular complexity index is 478. The molecule has 0 atom stereocenters. The van der Waals surface area contributed by atoms with E-state index in [9.17, 15) is 0 Å². The van der Waals surface area contributed by atoms with E-state index in [1.165, 1.54) is 0 Å². The highest BCUT2D eigenvalue weighted by Crippen LogP contribution is 2.19. The molecule has 0 unspecified atom stereocenters. The SMILES string of the molecule is Cc1ccc(Cl)cc1NC(=S)NCCCN1CCOCC1. The zero-order chi connectivity index (χ0) is 15.1. The van der Waals surface area contributed by atoms with Crippen LogP contribution < -0.4 is 10.6 Å². The summed E-state index contributed by atoms with van der Waals surface area (Å²) >= 11 is 11.3. The van der Waals surface area contributed by atoms with E-state index in [-0.39, 0.29) is 0 Å². The van der Waals surface area contributed by atoms with E-state index in [4.69, 9.17) is 28.6 Å². The third kappa shape index (κ3) is 5.79. The van der Waals surface area contributed by atoms with Gasteiger partial charge >= 0.3 is 0 Å². The van der Waals surface area contributed by atoms with Crippen molar-refractivity contribution >= 4 is 34.6 Å². The molecule has 0 amide bonds. The van der Waals surface area contributed by atoms with Gasteiger partial charge in [0.25, 0.3) is 0 Å². The van der Waals surface area contributed by atoms with Gasteiger partial charge in [-0.1, -0.05) is 17.7 Å². The second-order valence-electron chi connectivity index (χ2n) is 5.15. The molecule has 0 radical (unpaired) electrons. The Morgan fingerprint density at radius 2 is 2.14 bits per heavy atom. The van der Waals surface area contributed by atoms with Gasteiger partial charge < -0.3 is 15.4 Å². The van der Waals surface area contributed by atoms with Gasteiger partial charge in [0.1, 0.15) is 0 Å². The molecule has 0 bridgehead atoms. The van der Waals surface area contributed by atoms with Crippen molar-refractivity contribution in [1.82, 2.24) is 10.2 Å². The molecule has 0 saturated carbocycles. The van der Waals surface area contributed by atoms with Crippen molar-refractivity contribution in [3.63, 3.8) is 0 Å². The molecule has 1 aromatic rings. The summed E-state index contributed by atoms with van der Waals surface area (Å²) in [5.41, 5.74) is 2.07.